The van der Waals surface area contributed by atoms with Gasteiger partial charge in [0.25, 0.3) is 0 Å². The summed E-state index contributed by atoms with van der Waals surface area (Å²) in [5, 5.41) is 2.34. The Bertz CT molecular complexity index is 882. The molecule has 0 amide bonds. The summed E-state index contributed by atoms with van der Waals surface area (Å²) in [5.74, 6) is 0. The van der Waals surface area contributed by atoms with Gasteiger partial charge in [-0.2, -0.15) is 0 Å². The fourth-order valence-corrected chi connectivity index (χ4v) is 2.83. The van der Waals surface area contributed by atoms with Gasteiger partial charge in [0.1, 0.15) is 5.60 Å². The summed E-state index contributed by atoms with van der Waals surface area (Å²) in [4.78, 5) is 9.65. The maximum Gasteiger partial charge on any atom is 0.104 e. The Morgan fingerprint density at radius 1 is 0.818 bits per heavy atom. The highest BCUT2D eigenvalue weighted by atomic mass is 16.5. The molecule has 22 heavy (non-hydrogen) atoms. The normalized spacial score (nSPS) is 12.3. The first-order chi connectivity index (χ1) is 10.3. The molecule has 2 heterocycles. The number of ether oxygens (including phenoxy) is 1. The zero-order valence-corrected chi connectivity index (χ0v) is 14.1. The third kappa shape index (κ3) is 2.17. The summed E-state index contributed by atoms with van der Waals surface area (Å²) in [6.45, 7) is 10.4. The molecule has 2 aromatic heterocycles. The first kappa shape index (κ1) is 14.9. The minimum Gasteiger partial charge on any atom is -0.373 e. The van der Waals surface area contributed by atoms with Crippen LogP contribution in [-0.4, -0.2) is 17.1 Å². The number of aromatic nitrogens is 2. The topological polar surface area (TPSA) is 35.0 Å². The van der Waals surface area contributed by atoms with Crippen molar-refractivity contribution in [1.82, 2.24) is 9.97 Å². The summed E-state index contributed by atoms with van der Waals surface area (Å²) in [6, 6.07) is 8.41. The van der Waals surface area contributed by atoms with Crippen molar-refractivity contribution in [3.8, 4) is 0 Å². The van der Waals surface area contributed by atoms with E-state index in [0.717, 1.165) is 22.4 Å². The lowest BCUT2D eigenvalue weighted by atomic mass is 9.96. The van der Waals surface area contributed by atoms with Crippen molar-refractivity contribution >= 4 is 21.8 Å². The van der Waals surface area contributed by atoms with Gasteiger partial charge in [0.05, 0.1) is 16.7 Å². The lowest BCUT2D eigenvalue weighted by molar-refractivity contribution is 0.0158. The minimum absolute atomic E-state index is 0.414. The zero-order valence-electron chi connectivity index (χ0n) is 14.1. The van der Waals surface area contributed by atoms with Gasteiger partial charge >= 0.3 is 0 Å². The van der Waals surface area contributed by atoms with Gasteiger partial charge in [-0.05, 0) is 57.9 Å². The Morgan fingerprint density at radius 2 is 1.36 bits per heavy atom. The van der Waals surface area contributed by atoms with E-state index in [1.165, 1.54) is 21.9 Å². The molecule has 0 fully saturated rings. The summed E-state index contributed by atoms with van der Waals surface area (Å²) in [6.07, 6.45) is 0. The molecule has 3 nitrogen and oxygen atoms in total. The molecule has 3 aromatic rings. The molecule has 0 spiro atoms. The van der Waals surface area contributed by atoms with Gasteiger partial charge in [-0.25, -0.2) is 4.98 Å². The van der Waals surface area contributed by atoms with Gasteiger partial charge in [-0.3, -0.25) is 4.98 Å². The van der Waals surface area contributed by atoms with Gasteiger partial charge in [0.2, 0.25) is 0 Å². The summed E-state index contributed by atoms with van der Waals surface area (Å²) in [5.41, 5.74) is 6.00. The predicted molar refractivity (Wildman–Crippen MR) is 91.3 cm³/mol. The van der Waals surface area contributed by atoms with Crippen LogP contribution in [0, 0.1) is 20.8 Å². The van der Waals surface area contributed by atoms with E-state index in [2.05, 4.69) is 38.1 Å². The van der Waals surface area contributed by atoms with E-state index in [1.54, 1.807) is 7.11 Å². The van der Waals surface area contributed by atoms with Crippen molar-refractivity contribution in [3.63, 3.8) is 0 Å². The summed E-state index contributed by atoms with van der Waals surface area (Å²) in [7, 11) is 1.72. The lowest BCUT2D eigenvalue weighted by Gasteiger charge is -2.23. The van der Waals surface area contributed by atoms with E-state index < -0.39 is 5.60 Å². The number of fused-ring (bicyclic) bond motifs is 3. The second-order valence-corrected chi connectivity index (χ2v) is 6.41. The fourth-order valence-electron chi connectivity index (χ4n) is 2.83. The zero-order chi connectivity index (χ0) is 16.1. The van der Waals surface area contributed by atoms with Gasteiger partial charge in [-0.1, -0.05) is 12.1 Å². The molecule has 0 aliphatic carbocycles. The second kappa shape index (κ2) is 5.03. The van der Waals surface area contributed by atoms with Crippen LogP contribution in [0.15, 0.2) is 24.3 Å². The van der Waals surface area contributed by atoms with E-state index in [0.29, 0.717) is 0 Å². The first-order valence-electron chi connectivity index (χ1n) is 7.58. The monoisotopic (exact) mass is 294 g/mol. The largest absolute Gasteiger partial charge is 0.373 e. The van der Waals surface area contributed by atoms with Crippen LogP contribution in [0.5, 0.6) is 0 Å². The van der Waals surface area contributed by atoms with Crippen molar-refractivity contribution < 1.29 is 4.74 Å². The number of rotatable bonds is 2. The van der Waals surface area contributed by atoms with Gasteiger partial charge in [0.15, 0.2) is 0 Å². The van der Waals surface area contributed by atoms with Crippen LogP contribution in [-0.2, 0) is 10.3 Å². The smallest absolute Gasteiger partial charge is 0.104 e. The molecule has 0 N–H and O–H groups in total. The standard InChI is InChI=1S/C19H22N2O/c1-11-7-8-14-12(2)13(3)15-9-10-16(19(4,5)22-6)21-18(15)17(14)20-11/h7-10H,1-6H3. The summed E-state index contributed by atoms with van der Waals surface area (Å²) < 4.78 is 5.58. The number of hydrogen-bond acceptors (Lipinski definition) is 3. The van der Waals surface area contributed by atoms with Gasteiger partial charge in [0, 0.05) is 23.6 Å². The third-order valence-corrected chi connectivity index (χ3v) is 4.65. The highest BCUT2D eigenvalue weighted by Crippen LogP contribution is 2.32. The van der Waals surface area contributed by atoms with Gasteiger partial charge < -0.3 is 4.74 Å². The molecule has 1 aromatic carbocycles. The Hall–Kier alpha value is -2.00. The number of hydrogen-bond donors (Lipinski definition) is 0. The molecule has 3 rings (SSSR count). The van der Waals surface area contributed by atoms with Crippen molar-refractivity contribution in [2.45, 2.75) is 40.2 Å². The number of methoxy groups -OCH3 is 1. The highest BCUT2D eigenvalue weighted by molar-refractivity contribution is 6.06. The molecule has 0 aliphatic rings. The molecular formula is C19H22N2O. The Labute approximate surface area is 131 Å². The molecule has 0 bridgehead atoms. The van der Waals surface area contributed by atoms with Crippen LogP contribution < -0.4 is 0 Å². The summed E-state index contributed by atoms with van der Waals surface area (Å²) >= 11 is 0. The predicted octanol–water partition coefficient (Wildman–Crippen LogP) is 4.59. The molecule has 0 atom stereocenters. The highest BCUT2D eigenvalue weighted by Gasteiger charge is 2.22. The number of benzene rings is 1. The van der Waals surface area contributed by atoms with Crippen LogP contribution >= 0.6 is 0 Å². The van der Waals surface area contributed by atoms with Crippen LogP contribution in [0.4, 0.5) is 0 Å². The minimum atomic E-state index is -0.414. The van der Waals surface area contributed by atoms with Crippen molar-refractivity contribution in [2.24, 2.45) is 0 Å². The van der Waals surface area contributed by atoms with Crippen LogP contribution in [0.25, 0.3) is 21.8 Å². The first-order valence-corrected chi connectivity index (χ1v) is 7.58. The van der Waals surface area contributed by atoms with Crippen LogP contribution in [0.2, 0.25) is 0 Å². The molecule has 0 saturated carbocycles. The molecule has 0 radical (unpaired) electrons. The van der Waals surface area contributed by atoms with Crippen molar-refractivity contribution in [3.05, 3.63) is 46.8 Å². The molecule has 3 heteroatoms. The number of nitrogens with zero attached hydrogens (tertiary/aromatic N) is 2. The van der Waals surface area contributed by atoms with E-state index >= 15 is 0 Å². The molecule has 0 unspecified atom stereocenters. The van der Waals surface area contributed by atoms with Crippen molar-refractivity contribution in [1.29, 1.82) is 0 Å². The molecule has 0 aliphatic heterocycles. The van der Waals surface area contributed by atoms with Crippen molar-refractivity contribution in [2.75, 3.05) is 7.11 Å². The van der Waals surface area contributed by atoms with E-state index in [-0.39, 0.29) is 0 Å². The number of pyridine rings is 2. The lowest BCUT2D eigenvalue weighted by Crippen LogP contribution is -2.21. The SMILES string of the molecule is COC(C)(C)c1ccc2c(C)c(C)c3ccc(C)nc3c2n1. The molecular weight excluding hydrogens is 272 g/mol. The van der Waals surface area contributed by atoms with E-state index in [4.69, 9.17) is 14.7 Å². The van der Waals surface area contributed by atoms with Gasteiger partial charge in [-0.15, -0.1) is 0 Å². The van der Waals surface area contributed by atoms with E-state index in [1.807, 2.05) is 20.8 Å². The Morgan fingerprint density at radius 3 is 1.95 bits per heavy atom. The molecule has 114 valence electrons. The fraction of sp³-hybridized carbons (Fsp3) is 0.368. The number of aryl methyl sites for hydroxylation is 3. The molecule has 0 saturated heterocycles. The Balaban J connectivity index is 2.47. The van der Waals surface area contributed by atoms with Crippen LogP contribution in [0.3, 0.4) is 0 Å². The third-order valence-electron chi connectivity index (χ3n) is 4.65. The Kier molecular flexibility index (Phi) is 3.41. The maximum absolute atomic E-state index is 5.58. The maximum atomic E-state index is 5.58. The average Bonchev–Trinajstić information content (AvgIpc) is 2.52. The van der Waals surface area contributed by atoms with E-state index in [9.17, 15) is 0 Å². The van der Waals surface area contributed by atoms with Crippen LogP contribution in [0.1, 0.15) is 36.4 Å². The quantitative estimate of drug-likeness (QED) is 0.648. The second-order valence-electron chi connectivity index (χ2n) is 6.41. The average molecular weight is 294 g/mol.